The number of aliphatic carboxylic acids is 1. The van der Waals surface area contributed by atoms with Crippen molar-refractivity contribution in [2.75, 3.05) is 0 Å². The fourth-order valence-electron chi connectivity index (χ4n) is 3.25. The molecule has 1 aliphatic carbocycles. The van der Waals surface area contributed by atoms with Gasteiger partial charge in [-0.2, -0.15) is 8.78 Å². The predicted octanol–water partition coefficient (Wildman–Crippen LogP) is 5.36. The predicted molar refractivity (Wildman–Crippen MR) is 89.0 cm³/mol. The van der Waals surface area contributed by atoms with Crippen LogP contribution in [0.2, 0.25) is 0 Å². The third-order valence-corrected chi connectivity index (χ3v) is 4.57. The van der Waals surface area contributed by atoms with E-state index in [9.17, 15) is 13.6 Å². The lowest BCUT2D eigenvalue weighted by Crippen LogP contribution is -2.37. The van der Waals surface area contributed by atoms with Gasteiger partial charge in [-0.25, -0.2) is 4.79 Å². The Hall–Kier alpha value is -1.91. The Morgan fingerprint density at radius 3 is 2.42 bits per heavy atom. The molecule has 1 aromatic rings. The SMILES string of the molecule is CCCC1CCC(C(F)(F)Oc2ccc(C=CC(=O)O)cc2)CC1. The van der Waals surface area contributed by atoms with Gasteiger partial charge in [0.2, 0.25) is 0 Å². The van der Waals surface area contributed by atoms with Crippen molar-refractivity contribution in [1.82, 2.24) is 0 Å². The number of carboxylic acid groups (broad SMARTS) is 1. The molecule has 0 aliphatic heterocycles. The number of hydrogen-bond acceptors (Lipinski definition) is 2. The largest absolute Gasteiger partial charge is 0.478 e. The van der Waals surface area contributed by atoms with Crippen molar-refractivity contribution >= 4 is 12.0 Å². The van der Waals surface area contributed by atoms with Crippen LogP contribution in [0, 0.1) is 11.8 Å². The van der Waals surface area contributed by atoms with Crippen molar-refractivity contribution in [1.29, 1.82) is 0 Å². The van der Waals surface area contributed by atoms with E-state index >= 15 is 0 Å². The summed E-state index contributed by atoms with van der Waals surface area (Å²) in [7, 11) is 0. The summed E-state index contributed by atoms with van der Waals surface area (Å²) in [6.45, 7) is 2.12. The minimum Gasteiger partial charge on any atom is -0.478 e. The molecule has 1 aromatic carbocycles. The molecule has 0 radical (unpaired) electrons. The molecule has 0 heterocycles. The number of rotatable bonds is 7. The topological polar surface area (TPSA) is 46.5 Å². The molecule has 5 heteroatoms. The zero-order chi connectivity index (χ0) is 17.6. The van der Waals surface area contributed by atoms with E-state index in [0.717, 1.165) is 31.8 Å². The van der Waals surface area contributed by atoms with Crippen LogP contribution in [0.3, 0.4) is 0 Å². The van der Waals surface area contributed by atoms with Crippen LogP contribution in [-0.2, 0) is 4.79 Å². The third kappa shape index (κ3) is 5.32. The van der Waals surface area contributed by atoms with Crippen LogP contribution in [0.15, 0.2) is 30.3 Å². The second kappa shape index (κ2) is 8.27. The van der Waals surface area contributed by atoms with E-state index in [4.69, 9.17) is 9.84 Å². The quantitative estimate of drug-likeness (QED) is 0.681. The van der Waals surface area contributed by atoms with Crippen molar-refractivity contribution in [3.63, 3.8) is 0 Å². The van der Waals surface area contributed by atoms with Crippen LogP contribution < -0.4 is 4.74 Å². The summed E-state index contributed by atoms with van der Waals surface area (Å²) in [6.07, 6.45) is 4.13. The highest BCUT2D eigenvalue weighted by molar-refractivity contribution is 5.85. The maximum absolute atomic E-state index is 14.3. The number of carbonyl (C=O) groups is 1. The molecular formula is C19H24F2O3. The molecule has 1 saturated carbocycles. The smallest absolute Gasteiger partial charge is 0.400 e. The van der Waals surface area contributed by atoms with Crippen LogP contribution in [0.4, 0.5) is 8.78 Å². The van der Waals surface area contributed by atoms with E-state index in [-0.39, 0.29) is 5.75 Å². The minimum atomic E-state index is -3.17. The van der Waals surface area contributed by atoms with Gasteiger partial charge in [-0.05, 0) is 55.4 Å². The van der Waals surface area contributed by atoms with E-state index in [1.807, 2.05) is 0 Å². The first-order chi connectivity index (χ1) is 11.4. The highest BCUT2D eigenvalue weighted by atomic mass is 19.3. The van der Waals surface area contributed by atoms with Gasteiger partial charge in [0.15, 0.2) is 0 Å². The normalized spacial score (nSPS) is 21.8. The van der Waals surface area contributed by atoms with Gasteiger partial charge in [0.1, 0.15) is 5.75 Å². The second-order valence-electron chi connectivity index (χ2n) is 6.41. The van der Waals surface area contributed by atoms with Gasteiger partial charge in [-0.1, -0.05) is 31.9 Å². The number of benzene rings is 1. The van der Waals surface area contributed by atoms with Crippen molar-refractivity contribution in [2.45, 2.75) is 51.6 Å². The molecule has 2 rings (SSSR count). The Balaban J connectivity index is 1.93. The summed E-state index contributed by atoms with van der Waals surface area (Å²) in [5, 5.41) is 8.57. The standard InChI is InChI=1S/C19H24F2O3/c1-2-3-14-4-9-16(10-5-14)19(20,21)24-17-11-6-15(7-12-17)8-13-18(22)23/h6-8,11-14,16H,2-5,9-10H2,1H3,(H,22,23). The van der Waals surface area contributed by atoms with Crippen molar-refractivity contribution < 1.29 is 23.4 Å². The van der Waals surface area contributed by atoms with Crippen LogP contribution in [0.5, 0.6) is 5.75 Å². The number of alkyl halides is 2. The van der Waals surface area contributed by atoms with E-state index in [0.29, 0.717) is 24.3 Å². The zero-order valence-corrected chi connectivity index (χ0v) is 13.9. The molecule has 1 N–H and O–H groups in total. The third-order valence-electron chi connectivity index (χ3n) is 4.57. The summed E-state index contributed by atoms with van der Waals surface area (Å²) < 4.78 is 33.6. The summed E-state index contributed by atoms with van der Waals surface area (Å²) in [4.78, 5) is 10.5. The molecule has 1 aliphatic rings. The monoisotopic (exact) mass is 338 g/mol. The molecule has 3 nitrogen and oxygen atoms in total. The summed E-state index contributed by atoms with van der Waals surface area (Å²) in [6, 6.07) is 6.00. The summed E-state index contributed by atoms with van der Waals surface area (Å²) in [5.74, 6) is -1.12. The number of halogens is 2. The van der Waals surface area contributed by atoms with Gasteiger partial charge >= 0.3 is 12.1 Å². The van der Waals surface area contributed by atoms with Crippen molar-refractivity contribution in [2.24, 2.45) is 11.8 Å². The lowest BCUT2D eigenvalue weighted by Gasteiger charge is -2.33. The van der Waals surface area contributed by atoms with Gasteiger partial charge in [0, 0.05) is 6.08 Å². The first-order valence-electron chi connectivity index (χ1n) is 8.48. The zero-order valence-electron chi connectivity index (χ0n) is 13.9. The summed E-state index contributed by atoms with van der Waals surface area (Å²) in [5.41, 5.74) is 0.619. The Labute approximate surface area is 141 Å². The lowest BCUT2D eigenvalue weighted by atomic mass is 9.79. The van der Waals surface area contributed by atoms with Gasteiger partial charge in [-0.3, -0.25) is 0 Å². The fraction of sp³-hybridized carbons (Fsp3) is 0.526. The summed E-state index contributed by atoms with van der Waals surface area (Å²) >= 11 is 0. The van der Waals surface area contributed by atoms with Crippen molar-refractivity contribution in [3.8, 4) is 5.75 Å². The first kappa shape index (κ1) is 18.4. The number of carboxylic acids is 1. The van der Waals surface area contributed by atoms with E-state index in [2.05, 4.69) is 6.92 Å². The molecule has 0 amide bonds. The molecule has 0 unspecified atom stereocenters. The molecule has 24 heavy (non-hydrogen) atoms. The van der Waals surface area contributed by atoms with Gasteiger partial charge in [-0.15, -0.1) is 0 Å². The van der Waals surface area contributed by atoms with Crippen LogP contribution in [-0.4, -0.2) is 17.2 Å². The molecule has 0 aromatic heterocycles. The lowest BCUT2D eigenvalue weighted by molar-refractivity contribution is -0.223. The molecule has 0 atom stereocenters. The van der Waals surface area contributed by atoms with E-state index in [1.54, 1.807) is 12.1 Å². The van der Waals surface area contributed by atoms with Gasteiger partial charge in [0.05, 0.1) is 5.92 Å². The van der Waals surface area contributed by atoms with E-state index < -0.39 is 18.0 Å². The van der Waals surface area contributed by atoms with Crippen molar-refractivity contribution in [3.05, 3.63) is 35.9 Å². The van der Waals surface area contributed by atoms with Gasteiger partial charge in [0.25, 0.3) is 0 Å². The Kier molecular flexibility index (Phi) is 6.35. The maximum Gasteiger partial charge on any atom is 0.400 e. The van der Waals surface area contributed by atoms with Crippen LogP contribution >= 0.6 is 0 Å². The highest BCUT2D eigenvalue weighted by Gasteiger charge is 2.43. The molecule has 0 bridgehead atoms. The Morgan fingerprint density at radius 1 is 1.25 bits per heavy atom. The van der Waals surface area contributed by atoms with Crippen LogP contribution in [0.1, 0.15) is 51.0 Å². The molecule has 1 fully saturated rings. The molecule has 132 valence electrons. The van der Waals surface area contributed by atoms with Crippen LogP contribution in [0.25, 0.3) is 6.08 Å². The molecule has 0 spiro atoms. The molecular weight excluding hydrogens is 314 g/mol. The molecule has 0 saturated heterocycles. The number of hydrogen-bond donors (Lipinski definition) is 1. The second-order valence-corrected chi connectivity index (χ2v) is 6.41. The maximum atomic E-state index is 14.3. The first-order valence-corrected chi connectivity index (χ1v) is 8.48. The Bertz CT molecular complexity index is 558. The average Bonchev–Trinajstić information content (AvgIpc) is 2.55. The Morgan fingerprint density at radius 2 is 1.88 bits per heavy atom. The number of ether oxygens (including phenoxy) is 1. The average molecular weight is 338 g/mol. The van der Waals surface area contributed by atoms with Gasteiger partial charge < -0.3 is 9.84 Å². The fourth-order valence-corrected chi connectivity index (χ4v) is 3.25. The van der Waals surface area contributed by atoms with E-state index in [1.165, 1.54) is 18.2 Å². The minimum absolute atomic E-state index is 0.100. The highest BCUT2D eigenvalue weighted by Crippen LogP contribution is 2.41.